The fourth-order valence-electron chi connectivity index (χ4n) is 3.54. The van der Waals surface area contributed by atoms with Crippen LogP contribution in [0.5, 0.6) is 0 Å². The molecule has 0 bridgehead atoms. The number of nitrogens with zero attached hydrogens (tertiary/aromatic N) is 2. The lowest BCUT2D eigenvalue weighted by Crippen LogP contribution is -2.34. The molecule has 34 heavy (non-hydrogen) atoms. The van der Waals surface area contributed by atoms with Gasteiger partial charge in [-0.05, 0) is 31.0 Å². The Balaban J connectivity index is 1.73. The molecule has 0 saturated carbocycles. The second-order valence-corrected chi connectivity index (χ2v) is 9.71. The van der Waals surface area contributed by atoms with E-state index in [1.807, 2.05) is 6.07 Å². The fraction of sp³-hybridized carbons (Fsp3) is 0.385. The van der Waals surface area contributed by atoms with E-state index in [4.69, 9.17) is 11.6 Å². The number of unbranched alkanes of at least 4 members (excludes halogenated alkanes) is 2. The number of ketones is 1. The average molecular weight is 500 g/mol. The highest BCUT2D eigenvalue weighted by Crippen LogP contribution is 2.31. The number of hydrogen-bond donors (Lipinski definition) is 1. The van der Waals surface area contributed by atoms with Crippen molar-refractivity contribution in [2.45, 2.75) is 51.2 Å². The summed E-state index contributed by atoms with van der Waals surface area (Å²) in [5, 5.41) is 3.39. The van der Waals surface area contributed by atoms with E-state index in [2.05, 4.69) is 24.2 Å². The van der Waals surface area contributed by atoms with Crippen molar-refractivity contribution in [3.63, 3.8) is 0 Å². The molecule has 1 fully saturated rings. The topological polar surface area (TPSA) is 78.8 Å². The zero-order valence-corrected chi connectivity index (χ0v) is 21.1. The molecule has 1 N–H and O–H groups in total. The van der Waals surface area contributed by atoms with E-state index in [1.54, 1.807) is 47.4 Å². The predicted octanol–water partition coefficient (Wildman–Crippen LogP) is 5.80. The summed E-state index contributed by atoms with van der Waals surface area (Å²) >= 11 is 7.49. The average Bonchev–Trinajstić information content (AvgIpc) is 3.12. The number of rotatable bonds is 11. The van der Waals surface area contributed by atoms with Crippen LogP contribution >= 0.6 is 23.4 Å². The van der Waals surface area contributed by atoms with Crippen LogP contribution in [0.1, 0.15) is 61.9 Å². The molecule has 2 aromatic rings. The molecule has 0 aliphatic carbocycles. The lowest BCUT2D eigenvalue weighted by atomic mass is 10.0. The Hall–Kier alpha value is -2.64. The molecule has 1 aliphatic heterocycles. The Morgan fingerprint density at radius 1 is 1.09 bits per heavy atom. The van der Waals surface area contributed by atoms with Gasteiger partial charge in [-0.25, -0.2) is 0 Å². The molecular weight excluding hydrogens is 470 g/mol. The van der Waals surface area contributed by atoms with Crippen LogP contribution in [-0.2, 0) is 9.59 Å². The summed E-state index contributed by atoms with van der Waals surface area (Å²) in [6.45, 7) is 5.46. The van der Waals surface area contributed by atoms with Crippen LogP contribution < -0.4 is 5.32 Å². The van der Waals surface area contributed by atoms with Crippen LogP contribution in [0, 0.1) is 0 Å². The molecular formula is C26H30ClN3O3S. The zero-order chi connectivity index (χ0) is 24.5. The van der Waals surface area contributed by atoms with E-state index >= 15 is 0 Å². The molecule has 1 atom stereocenters. The van der Waals surface area contributed by atoms with Gasteiger partial charge in [-0.3, -0.25) is 24.3 Å². The molecule has 6 nitrogen and oxygen atoms in total. The molecule has 1 aliphatic rings. The van der Waals surface area contributed by atoms with Crippen molar-refractivity contribution in [3.8, 4) is 0 Å². The van der Waals surface area contributed by atoms with Crippen LogP contribution in [-0.4, -0.2) is 46.0 Å². The van der Waals surface area contributed by atoms with Gasteiger partial charge in [0.05, 0.1) is 5.69 Å². The third kappa shape index (κ3) is 6.70. The number of anilines is 1. The second kappa shape index (κ2) is 12.7. The number of thioether (sulfide) groups is 1. The molecule has 2 amide bonds. The molecule has 0 radical (unpaired) electrons. The molecule has 1 saturated heterocycles. The molecule has 1 unspecified atom stereocenters. The number of halogens is 1. The summed E-state index contributed by atoms with van der Waals surface area (Å²) in [5.41, 5.74) is 1.18. The van der Waals surface area contributed by atoms with E-state index in [-0.39, 0.29) is 24.0 Å². The number of nitrogens with one attached hydrogen (secondary N) is 1. The van der Waals surface area contributed by atoms with Gasteiger partial charge in [-0.1, -0.05) is 80.4 Å². The Bertz CT molecular complexity index is 1060. The number of amides is 2. The van der Waals surface area contributed by atoms with Gasteiger partial charge in [0, 0.05) is 35.7 Å². The monoisotopic (exact) mass is 499 g/mol. The molecule has 8 heteroatoms. The second-order valence-electron chi connectivity index (χ2n) is 8.11. The van der Waals surface area contributed by atoms with Crippen LogP contribution in [0.25, 0.3) is 0 Å². The Labute approximate surface area is 210 Å². The summed E-state index contributed by atoms with van der Waals surface area (Å²) in [4.78, 5) is 45.3. The van der Waals surface area contributed by atoms with Gasteiger partial charge in [0.1, 0.15) is 5.25 Å². The molecule has 3 rings (SSSR count). The fourth-order valence-corrected chi connectivity index (χ4v) is 4.91. The van der Waals surface area contributed by atoms with Crippen molar-refractivity contribution in [3.05, 3.63) is 64.7 Å². The van der Waals surface area contributed by atoms with Crippen molar-refractivity contribution in [1.29, 1.82) is 0 Å². The normalized spacial score (nSPS) is 16.8. The highest BCUT2D eigenvalue weighted by Gasteiger charge is 2.38. The summed E-state index contributed by atoms with van der Waals surface area (Å²) in [6, 6.07) is 13.6. The van der Waals surface area contributed by atoms with Gasteiger partial charge in [-0.2, -0.15) is 0 Å². The van der Waals surface area contributed by atoms with Crippen molar-refractivity contribution in [2.24, 2.45) is 4.99 Å². The largest absolute Gasteiger partial charge is 0.325 e. The van der Waals surface area contributed by atoms with Crippen LogP contribution in [0.15, 0.2) is 53.5 Å². The molecule has 1 heterocycles. The standard InChI is InChI=1S/C26H30ClN3O3S/c1-3-5-14-28-26-30(15-6-4-2)25(33)22(34-26)17-23(31)29-21-13-12-19(27)16-20(21)24(32)18-10-8-7-9-11-18/h7-13,16,22H,3-6,14-15,17H2,1-2H3,(H,29,31). The number of hydrogen-bond acceptors (Lipinski definition) is 5. The third-order valence-corrected chi connectivity index (χ3v) is 6.87. The Kier molecular flexibility index (Phi) is 9.72. The van der Waals surface area contributed by atoms with Gasteiger partial charge in [0.2, 0.25) is 11.8 Å². The minimum Gasteiger partial charge on any atom is -0.325 e. The van der Waals surface area contributed by atoms with Gasteiger partial charge >= 0.3 is 0 Å². The maximum Gasteiger partial charge on any atom is 0.242 e. The summed E-state index contributed by atoms with van der Waals surface area (Å²) in [5.74, 6) is -0.651. The van der Waals surface area contributed by atoms with Crippen LogP contribution in [0.2, 0.25) is 5.02 Å². The number of aliphatic imine (C=N–C) groups is 1. The van der Waals surface area contributed by atoms with Crippen molar-refractivity contribution < 1.29 is 14.4 Å². The molecule has 0 spiro atoms. The zero-order valence-electron chi connectivity index (χ0n) is 19.6. The van der Waals surface area contributed by atoms with Crippen molar-refractivity contribution in [2.75, 3.05) is 18.4 Å². The van der Waals surface area contributed by atoms with E-state index < -0.39 is 5.25 Å². The lowest BCUT2D eigenvalue weighted by molar-refractivity contribution is -0.128. The van der Waals surface area contributed by atoms with Crippen molar-refractivity contribution >= 4 is 51.8 Å². The first-order valence-electron chi connectivity index (χ1n) is 11.7. The van der Waals surface area contributed by atoms with Crippen molar-refractivity contribution in [1.82, 2.24) is 4.90 Å². The van der Waals surface area contributed by atoms with Crippen LogP contribution in [0.3, 0.4) is 0 Å². The smallest absolute Gasteiger partial charge is 0.242 e. The van der Waals surface area contributed by atoms with Gasteiger partial charge < -0.3 is 5.32 Å². The first kappa shape index (κ1) is 26.0. The van der Waals surface area contributed by atoms with E-state index in [9.17, 15) is 14.4 Å². The SMILES string of the molecule is CCCCN=C1SC(CC(=O)Nc2ccc(Cl)cc2C(=O)c2ccccc2)C(=O)N1CCCC. The van der Waals surface area contributed by atoms with Gasteiger partial charge in [0.15, 0.2) is 11.0 Å². The summed E-state index contributed by atoms with van der Waals surface area (Å²) in [7, 11) is 0. The van der Waals surface area contributed by atoms with E-state index in [0.29, 0.717) is 40.1 Å². The minimum absolute atomic E-state index is 0.000513. The van der Waals surface area contributed by atoms with E-state index in [1.165, 1.54) is 11.8 Å². The maximum absolute atomic E-state index is 13.0. The first-order chi connectivity index (χ1) is 16.4. The molecule has 2 aromatic carbocycles. The lowest BCUT2D eigenvalue weighted by Gasteiger charge is -2.16. The third-order valence-electron chi connectivity index (χ3n) is 5.42. The van der Waals surface area contributed by atoms with Gasteiger partial charge in [0.25, 0.3) is 0 Å². The highest BCUT2D eigenvalue weighted by molar-refractivity contribution is 8.15. The number of amidine groups is 1. The summed E-state index contributed by atoms with van der Waals surface area (Å²) in [6.07, 6.45) is 3.84. The predicted molar refractivity (Wildman–Crippen MR) is 140 cm³/mol. The molecule has 180 valence electrons. The quantitative estimate of drug-likeness (QED) is 0.313. The molecule has 0 aromatic heterocycles. The number of benzene rings is 2. The van der Waals surface area contributed by atoms with E-state index in [0.717, 1.165) is 25.7 Å². The van der Waals surface area contributed by atoms with Gasteiger partial charge in [-0.15, -0.1) is 0 Å². The Morgan fingerprint density at radius 3 is 2.53 bits per heavy atom. The Morgan fingerprint density at radius 2 is 1.82 bits per heavy atom. The first-order valence-corrected chi connectivity index (χ1v) is 12.9. The summed E-state index contributed by atoms with van der Waals surface area (Å²) < 4.78 is 0. The number of carbonyl (C=O) groups is 3. The highest BCUT2D eigenvalue weighted by atomic mass is 35.5. The van der Waals surface area contributed by atoms with Crippen LogP contribution in [0.4, 0.5) is 5.69 Å². The minimum atomic E-state index is -0.530. The number of carbonyl (C=O) groups excluding carboxylic acids is 3. The maximum atomic E-state index is 13.0.